The van der Waals surface area contributed by atoms with Gasteiger partial charge in [0.15, 0.2) is 0 Å². The molecule has 5 nitrogen and oxygen atoms in total. The third kappa shape index (κ3) is 5.45. The number of nitrogens with one attached hydrogen (secondary N) is 2. The van der Waals surface area contributed by atoms with Crippen LogP contribution in [-0.2, 0) is 17.8 Å². The van der Waals surface area contributed by atoms with Crippen molar-refractivity contribution < 1.29 is 14.0 Å². The van der Waals surface area contributed by atoms with Gasteiger partial charge in [0.05, 0.1) is 0 Å². The van der Waals surface area contributed by atoms with Crippen molar-refractivity contribution in [3.8, 4) is 0 Å². The summed E-state index contributed by atoms with van der Waals surface area (Å²) in [6, 6.07) is 13.3. The van der Waals surface area contributed by atoms with E-state index in [0.717, 1.165) is 19.5 Å². The number of carbonyl (C=O) groups is 2. The lowest BCUT2D eigenvalue weighted by molar-refractivity contribution is -0.124. The van der Waals surface area contributed by atoms with E-state index in [-0.39, 0.29) is 23.8 Å². The second kappa shape index (κ2) is 9.85. The Kier molecular flexibility index (Phi) is 7.21. The van der Waals surface area contributed by atoms with Crippen LogP contribution in [0.15, 0.2) is 48.5 Å². The Morgan fingerprint density at radius 1 is 1.03 bits per heavy atom. The molecule has 0 saturated heterocycles. The van der Waals surface area contributed by atoms with Gasteiger partial charge >= 0.3 is 0 Å². The molecule has 30 heavy (non-hydrogen) atoms. The molecule has 2 amide bonds. The zero-order valence-corrected chi connectivity index (χ0v) is 17.8. The molecule has 160 valence electrons. The number of benzene rings is 2. The number of hydrogen-bond acceptors (Lipinski definition) is 3. The number of amides is 2. The summed E-state index contributed by atoms with van der Waals surface area (Å²) in [7, 11) is 0. The maximum absolute atomic E-state index is 13.1. The molecule has 0 bridgehead atoms. The Labute approximate surface area is 177 Å². The Bertz CT molecular complexity index is 882. The van der Waals surface area contributed by atoms with Gasteiger partial charge in [-0.2, -0.15) is 0 Å². The van der Waals surface area contributed by atoms with Crippen molar-refractivity contribution in [2.45, 2.75) is 45.8 Å². The largest absolute Gasteiger partial charge is 0.353 e. The van der Waals surface area contributed by atoms with E-state index < -0.39 is 11.9 Å². The smallest absolute Gasteiger partial charge is 0.251 e. The van der Waals surface area contributed by atoms with Crippen molar-refractivity contribution >= 4 is 11.8 Å². The van der Waals surface area contributed by atoms with Crippen LogP contribution in [0.3, 0.4) is 0 Å². The predicted molar refractivity (Wildman–Crippen MR) is 116 cm³/mol. The molecule has 2 aromatic rings. The highest BCUT2D eigenvalue weighted by Gasteiger charge is 2.26. The van der Waals surface area contributed by atoms with Crippen molar-refractivity contribution in [1.29, 1.82) is 0 Å². The fraction of sp³-hybridized carbons (Fsp3) is 0.417. The normalized spacial score (nSPS) is 15.9. The second-order valence-corrected chi connectivity index (χ2v) is 8.29. The van der Waals surface area contributed by atoms with Crippen LogP contribution in [0.2, 0.25) is 0 Å². The van der Waals surface area contributed by atoms with Crippen LogP contribution in [0.25, 0.3) is 0 Å². The monoisotopic (exact) mass is 411 g/mol. The Morgan fingerprint density at radius 3 is 2.37 bits per heavy atom. The molecule has 2 unspecified atom stereocenters. The lowest BCUT2D eigenvalue weighted by Gasteiger charge is -2.34. The molecule has 1 heterocycles. The fourth-order valence-corrected chi connectivity index (χ4v) is 3.74. The minimum absolute atomic E-state index is 0.0773. The second-order valence-electron chi connectivity index (χ2n) is 8.29. The van der Waals surface area contributed by atoms with Gasteiger partial charge in [0.2, 0.25) is 5.91 Å². The molecule has 1 aliphatic rings. The van der Waals surface area contributed by atoms with Gasteiger partial charge in [-0.1, -0.05) is 38.1 Å². The van der Waals surface area contributed by atoms with Gasteiger partial charge in [-0.05, 0) is 54.7 Å². The number of hydrogen-bond donors (Lipinski definition) is 2. The van der Waals surface area contributed by atoms with Crippen molar-refractivity contribution in [2.24, 2.45) is 5.92 Å². The molecular formula is C24H30FN3O2. The number of fused-ring (bicyclic) bond motifs is 1. The van der Waals surface area contributed by atoms with Crippen LogP contribution in [0.4, 0.5) is 4.39 Å². The topological polar surface area (TPSA) is 61.4 Å². The van der Waals surface area contributed by atoms with Gasteiger partial charge in [-0.3, -0.25) is 14.5 Å². The average Bonchev–Trinajstić information content (AvgIpc) is 2.75. The quantitative estimate of drug-likeness (QED) is 0.736. The van der Waals surface area contributed by atoms with Crippen molar-refractivity contribution in [2.75, 3.05) is 13.1 Å². The van der Waals surface area contributed by atoms with Gasteiger partial charge in [-0.15, -0.1) is 0 Å². The van der Waals surface area contributed by atoms with Crippen molar-refractivity contribution in [3.63, 3.8) is 0 Å². The molecule has 2 aromatic carbocycles. The first kappa shape index (κ1) is 22.0. The van der Waals surface area contributed by atoms with Crippen LogP contribution < -0.4 is 10.6 Å². The number of carbonyl (C=O) groups excluding carboxylic acids is 2. The molecule has 2 N–H and O–H groups in total. The summed E-state index contributed by atoms with van der Waals surface area (Å²) in [5.41, 5.74) is 3.07. The lowest BCUT2D eigenvalue weighted by Crippen LogP contribution is -2.52. The molecule has 0 fully saturated rings. The van der Waals surface area contributed by atoms with Gasteiger partial charge in [0.25, 0.3) is 5.91 Å². The Morgan fingerprint density at radius 2 is 1.70 bits per heavy atom. The minimum Gasteiger partial charge on any atom is -0.353 e. The summed E-state index contributed by atoms with van der Waals surface area (Å²) in [4.78, 5) is 27.6. The highest BCUT2D eigenvalue weighted by Crippen LogP contribution is 2.20. The highest BCUT2D eigenvalue weighted by atomic mass is 19.1. The molecule has 0 aliphatic carbocycles. The van der Waals surface area contributed by atoms with Gasteiger partial charge < -0.3 is 10.6 Å². The number of rotatable bonds is 7. The molecular weight excluding hydrogens is 381 g/mol. The molecule has 6 heteroatoms. The SMILES string of the molecule is CC(C)C(NC(=O)c1ccc(F)cc1)C(=O)NCC(C)N1CCc2ccccc2C1. The molecule has 1 aliphatic heterocycles. The van der Waals surface area contributed by atoms with Gasteiger partial charge in [0, 0.05) is 31.2 Å². The van der Waals surface area contributed by atoms with Crippen LogP contribution in [0.5, 0.6) is 0 Å². The molecule has 0 aromatic heterocycles. The summed E-state index contributed by atoms with van der Waals surface area (Å²) in [6.07, 6.45) is 1.01. The average molecular weight is 412 g/mol. The molecule has 0 radical (unpaired) electrons. The van der Waals surface area contributed by atoms with Crippen molar-refractivity contribution in [1.82, 2.24) is 15.5 Å². The first-order valence-electron chi connectivity index (χ1n) is 10.5. The van der Waals surface area contributed by atoms with Gasteiger partial charge in [-0.25, -0.2) is 4.39 Å². The van der Waals surface area contributed by atoms with E-state index >= 15 is 0 Å². The van der Waals surface area contributed by atoms with E-state index in [9.17, 15) is 14.0 Å². The Balaban J connectivity index is 1.55. The van der Waals surface area contributed by atoms with Crippen LogP contribution in [0.1, 0.15) is 42.3 Å². The van der Waals surface area contributed by atoms with Crippen molar-refractivity contribution in [3.05, 3.63) is 71.0 Å². The highest BCUT2D eigenvalue weighted by molar-refractivity contribution is 5.97. The summed E-state index contributed by atoms with van der Waals surface area (Å²) < 4.78 is 13.1. The van der Waals surface area contributed by atoms with E-state index in [1.165, 1.54) is 35.4 Å². The third-order valence-electron chi connectivity index (χ3n) is 5.70. The molecule has 0 spiro atoms. The predicted octanol–water partition coefficient (Wildman–Crippen LogP) is 3.14. The summed E-state index contributed by atoms with van der Waals surface area (Å²) >= 11 is 0. The van der Waals surface area contributed by atoms with E-state index in [1.54, 1.807) is 0 Å². The minimum atomic E-state index is -0.656. The molecule has 0 saturated carbocycles. The Hall–Kier alpha value is -2.73. The van der Waals surface area contributed by atoms with E-state index in [2.05, 4.69) is 46.7 Å². The number of nitrogens with zero attached hydrogens (tertiary/aromatic N) is 1. The maximum Gasteiger partial charge on any atom is 0.251 e. The van der Waals surface area contributed by atoms with E-state index in [4.69, 9.17) is 0 Å². The zero-order valence-electron chi connectivity index (χ0n) is 17.8. The first-order chi connectivity index (χ1) is 14.3. The molecule has 2 atom stereocenters. The lowest BCUT2D eigenvalue weighted by atomic mass is 9.98. The van der Waals surface area contributed by atoms with E-state index in [0.29, 0.717) is 12.1 Å². The van der Waals surface area contributed by atoms with Crippen LogP contribution in [-0.4, -0.2) is 41.9 Å². The standard InChI is InChI=1S/C24H30FN3O2/c1-16(2)22(27-23(29)19-8-10-21(25)11-9-19)24(30)26-14-17(3)28-13-12-18-6-4-5-7-20(18)15-28/h4-11,16-17,22H,12-15H2,1-3H3,(H,26,30)(H,27,29). The van der Waals surface area contributed by atoms with Crippen LogP contribution >= 0.6 is 0 Å². The maximum atomic E-state index is 13.1. The third-order valence-corrected chi connectivity index (χ3v) is 5.70. The van der Waals surface area contributed by atoms with E-state index in [1.807, 2.05) is 13.8 Å². The summed E-state index contributed by atoms with van der Waals surface area (Å²) in [6.45, 7) is 8.23. The fourth-order valence-electron chi connectivity index (χ4n) is 3.74. The van der Waals surface area contributed by atoms with Crippen LogP contribution in [0, 0.1) is 11.7 Å². The summed E-state index contributed by atoms with van der Waals surface area (Å²) in [5, 5.41) is 5.78. The van der Waals surface area contributed by atoms with Gasteiger partial charge in [0.1, 0.15) is 11.9 Å². The summed E-state index contributed by atoms with van der Waals surface area (Å²) in [5.74, 6) is -1.07. The number of halogens is 1. The zero-order chi connectivity index (χ0) is 21.7. The molecule has 3 rings (SSSR count). The first-order valence-corrected chi connectivity index (χ1v) is 10.5.